The van der Waals surface area contributed by atoms with Gasteiger partial charge in [0.1, 0.15) is 0 Å². The minimum absolute atomic E-state index is 0.0838. The van der Waals surface area contributed by atoms with E-state index in [-0.39, 0.29) is 29.3 Å². The monoisotopic (exact) mass is 414 g/mol. The average Bonchev–Trinajstić information content (AvgIpc) is 2.70. The number of piperidine rings is 1. The Labute approximate surface area is 174 Å². The van der Waals surface area contributed by atoms with E-state index in [0.29, 0.717) is 19.4 Å². The molecule has 3 rings (SSSR count). The molecule has 1 saturated heterocycles. The van der Waals surface area contributed by atoms with Gasteiger partial charge in [0, 0.05) is 13.1 Å². The maximum atomic E-state index is 13.0. The average molecular weight is 415 g/mol. The van der Waals surface area contributed by atoms with Gasteiger partial charge < -0.3 is 5.32 Å². The highest BCUT2D eigenvalue weighted by atomic mass is 32.2. The van der Waals surface area contributed by atoms with Crippen molar-refractivity contribution in [1.29, 1.82) is 0 Å². The number of carbonyl (C=O) groups is 1. The van der Waals surface area contributed by atoms with Gasteiger partial charge in [0.2, 0.25) is 15.9 Å². The van der Waals surface area contributed by atoms with Crippen LogP contribution in [-0.4, -0.2) is 31.7 Å². The number of benzene rings is 2. The summed E-state index contributed by atoms with van der Waals surface area (Å²) < 4.78 is 27.4. The zero-order valence-corrected chi connectivity index (χ0v) is 18.4. The van der Waals surface area contributed by atoms with Crippen molar-refractivity contribution in [2.45, 2.75) is 51.5 Å². The molecule has 29 heavy (non-hydrogen) atoms. The zero-order chi connectivity index (χ0) is 21.2. The molecule has 0 spiro atoms. The predicted molar refractivity (Wildman–Crippen MR) is 115 cm³/mol. The van der Waals surface area contributed by atoms with Crippen LogP contribution in [0.1, 0.15) is 48.1 Å². The van der Waals surface area contributed by atoms with Crippen LogP contribution in [0.5, 0.6) is 0 Å². The third kappa shape index (κ3) is 4.87. The lowest BCUT2D eigenvalue weighted by Crippen LogP contribution is -2.45. The molecule has 1 amide bonds. The van der Waals surface area contributed by atoms with E-state index < -0.39 is 10.0 Å². The minimum atomic E-state index is -3.58. The Bertz CT molecular complexity index is 984. The second-order valence-electron chi connectivity index (χ2n) is 8.09. The normalized spacial score (nSPS) is 19.0. The lowest BCUT2D eigenvalue weighted by atomic mass is 9.97. The number of rotatable bonds is 5. The number of hydrogen-bond donors (Lipinski definition) is 1. The molecule has 6 heteroatoms. The highest BCUT2D eigenvalue weighted by Gasteiger charge is 2.33. The first-order valence-corrected chi connectivity index (χ1v) is 11.6. The molecule has 2 aromatic carbocycles. The van der Waals surface area contributed by atoms with Crippen LogP contribution in [0, 0.1) is 26.7 Å². The van der Waals surface area contributed by atoms with Crippen LogP contribution in [0.4, 0.5) is 0 Å². The molecule has 0 saturated carbocycles. The van der Waals surface area contributed by atoms with E-state index in [4.69, 9.17) is 0 Å². The molecule has 1 N–H and O–H groups in total. The molecular weight excluding hydrogens is 384 g/mol. The number of amides is 1. The first kappa shape index (κ1) is 21.5. The molecule has 1 heterocycles. The molecule has 2 atom stereocenters. The van der Waals surface area contributed by atoms with E-state index in [9.17, 15) is 13.2 Å². The first-order valence-electron chi connectivity index (χ1n) is 10.1. The van der Waals surface area contributed by atoms with Crippen molar-refractivity contribution in [3.63, 3.8) is 0 Å². The third-order valence-corrected chi connectivity index (χ3v) is 7.68. The van der Waals surface area contributed by atoms with Crippen LogP contribution in [0.2, 0.25) is 0 Å². The van der Waals surface area contributed by atoms with Gasteiger partial charge in [0.25, 0.3) is 0 Å². The van der Waals surface area contributed by atoms with E-state index >= 15 is 0 Å². The van der Waals surface area contributed by atoms with Crippen molar-refractivity contribution in [3.8, 4) is 0 Å². The van der Waals surface area contributed by atoms with Crippen molar-refractivity contribution < 1.29 is 13.2 Å². The van der Waals surface area contributed by atoms with Crippen LogP contribution < -0.4 is 5.32 Å². The largest absolute Gasteiger partial charge is 0.349 e. The van der Waals surface area contributed by atoms with Crippen molar-refractivity contribution in [1.82, 2.24) is 9.62 Å². The quantitative estimate of drug-likeness (QED) is 0.807. The molecule has 1 fully saturated rings. The molecule has 1 aliphatic rings. The standard InChI is InChI=1S/C23H30N2O3S/c1-16-7-11-22(12-8-16)29(27,28)25-13-5-6-21(15-25)23(26)24-19(4)20-10-9-17(2)18(3)14-20/h7-12,14,19,21H,5-6,13,15H2,1-4H3,(H,24,26). The Morgan fingerprint density at radius 1 is 1.07 bits per heavy atom. The summed E-state index contributed by atoms with van der Waals surface area (Å²) in [6, 6.07) is 12.9. The van der Waals surface area contributed by atoms with Crippen molar-refractivity contribution >= 4 is 15.9 Å². The fourth-order valence-electron chi connectivity index (χ4n) is 3.68. The van der Waals surface area contributed by atoms with E-state index in [1.165, 1.54) is 15.4 Å². The van der Waals surface area contributed by atoms with Gasteiger partial charge in [-0.3, -0.25) is 4.79 Å². The molecule has 0 bridgehead atoms. The highest BCUT2D eigenvalue weighted by Crippen LogP contribution is 2.25. The van der Waals surface area contributed by atoms with Crippen LogP contribution in [0.15, 0.2) is 47.4 Å². The summed E-state index contributed by atoms with van der Waals surface area (Å²) in [5.74, 6) is -0.419. The zero-order valence-electron chi connectivity index (χ0n) is 17.6. The van der Waals surface area contributed by atoms with Crippen LogP contribution in [0.3, 0.4) is 0 Å². The number of carbonyl (C=O) groups excluding carboxylic acids is 1. The maximum absolute atomic E-state index is 13.0. The van der Waals surface area contributed by atoms with Gasteiger partial charge in [0.05, 0.1) is 16.9 Å². The molecule has 1 aliphatic heterocycles. The number of sulfonamides is 1. The van der Waals surface area contributed by atoms with Crippen LogP contribution >= 0.6 is 0 Å². The van der Waals surface area contributed by atoms with E-state index in [1.54, 1.807) is 24.3 Å². The maximum Gasteiger partial charge on any atom is 0.243 e. The summed E-state index contributed by atoms with van der Waals surface area (Å²) in [6.45, 7) is 8.68. The van der Waals surface area contributed by atoms with Gasteiger partial charge >= 0.3 is 0 Å². The molecule has 0 radical (unpaired) electrons. The summed E-state index contributed by atoms with van der Waals surface area (Å²) in [5.41, 5.74) is 4.48. The highest BCUT2D eigenvalue weighted by molar-refractivity contribution is 7.89. The molecule has 2 aromatic rings. The number of nitrogens with zero attached hydrogens (tertiary/aromatic N) is 1. The van der Waals surface area contributed by atoms with Crippen molar-refractivity contribution in [2.24, 2.45) is 5.92 Å². The van der Waals surface area contributed by atoms with Gasteiger partial charge in [-0.15, -0.1) is 0 Å². The third-order valence-electron chi connectivity index (χ3n) is 5.80. The van der Waals surface area contributed by atoms with E-state index in [0.717, 1.165) is 11.1 Å². The smallest absolute Gasteiger partial charge is 0.243 e. The second kappa shape index (κ2) is 8.67. The summed E-state index contributed by atoms with van der Waals surface area (Å²) >= 11 is 0. The van der Waals surface area contributed by atoms with Crippen LogP contribution in [0.25, 0.3) is 0 Å². The topological polar surface area (TPSA) is 66.5 Å². The minimum Gasteiger partial charge on any atom is -0.349 e. The fourth-order valence-corrected chi connectivity index (χ4v) is 5.21. The molecular formula is C23H30N2O3S. The number of aryl methyl sites for hydroxylation is 3. The van der Waals surface area contributed by atoms with Gasteiger partial charge in [0.15, 0.2) is 0 Å². The van der Waals surface area contributed by atoms with Gasteiger partial charge in [-0.25, -0.2) is 8.42 Å². The predicted octanol–water partition coefficient (Wildman–Crippen LogP) is 3.89. The fraction of sp³-hybridized carbons (Fsp3) is 0.435. The summed E-state index contributed by atoms with van der Waals surface area (Å²) in [4.78, 5) is 13.1. The Morgan fingerprint density at radius 3 is 2.41 bits per heavy atom. The number of nitrogens with one attached hydrogen (secondary N) is 1. The van der Waals surface area contributed by atoms with E-state index in [1.807, 2.05) is 19.9 Å². The summed E-state index contributed by atoms with van der Waals surface area (Å²) in [5, 5.41) is 3.07. The number of hydrogen-bond acceptors (Lipinski definition) is 3. The second-order valence-corrected chi connectivity index (χ2v) is 10.0. The summed E-state index contributed by atoms with van der Waals surface area (Å²) in [6.07, 6.45) is 1.38. The van der Waals surface area contributed by atoms with Crippen molar-refractivity contribution in [3.05, 3.63) is 64.7 Å². The Hall–Kier alpha value is -2.18. The van der Waals surface area contributed by atoms with Gasteiger partial charge in [-0.05, 0) is 69.4 Å². The summed E-state index contributed by atoms with van der Waals surface area (Å²) in [7, 11) is -3.58. The molecule has 156 valence electrons. The lowest BCUT2D eigenvalue weighted by Gasteiger charge is -2.32. The Balaban J connectivity index is 1.68. The van der Waals surface area contributed by atoms with Crippen LogP contribution in [-0.2, 0) is 14.8 Å². The lowest BCUT2D eigenvalue weighted by molar-refractivity contribution is -0.126. The van der Waals surface area contributed by atoms with Gasteiger partial charge in [-0.1, -0.05) is 35.9 Å². The molecule has 0 aromatic heterocycles. The Kier molecular flexibility index (Phi) is 6.44. The molecule has 2 unspecified atom stereocenters. The molecule has 5 nitrogen and oxygen atoms in total. The Morgan fingerprint density at radius 2 is 1.76 bits per heavy atom. The van der Waals surface area contributed by atoms with Gasteiger partial charge in [-0.2, -0.15) is 4.31 Å². The van der Waals surface area contributed by atoms with Crippen molar-refractivity contribution in [2.75, 3.05) is 13.1 Å². The first-order chi connectivity index (χ1) is 13.7. The molecule has 0 aliphatic carbocycles. The SMILES string of the molecule is Cc1ccc(S(=O)(=O)N2CCCC(C(=O)NC(C)c3ccc(C)c(C)c3)C2)cc1. The van der Waals surface area contributed by atoms with E-state index in [2.05, 4.69) is 31.3 Å².